The van der Waals surface area contributed by atoms with Crippen molar-refractivity contribution in [1.82, 2.24) is 9.80 Å². The fraction of sp³-hybridized carbons (Fsp3) is 0.429. The molecular weight excluding hydrogens is 256 g/mol. The molecule has 1 saturated heterocycles. The van der Waals surface area contributed by atoms with Gasteiger partial charge in [-0.2, -0.15) is 0 Å². The SMILES string of the molecule is CN(Cc1cccc(C(=N)N)c1)C(=O)N1CCOCC1. The number of urea groups is 1. The van der Waals surface area contributed by atoms with Crippen molar-refractivity contribution in [2.24, 2.45) is 5.73 Å². The summed E-state index contributed by atoms with van der Waals surface area (Å²) in [6, 6.07) is 7.40. The van der Waals surface area contributed by atoms with Crippen molar-refractivity contribution < 1.29 is 9.53 Å². The predicted octanol–water partition coefficient (Wildman–Crippen LogP) is 0.855. The van der Waals surface area contributed by atoms with Crippen LogP contribution in [0.4, 0.5) is 4.79 Å². The number of carbonyl (C=O) groups is 1. The zero-order valence-electron chi connectivity index (χ0n) is 11.6. The molecular formula is C14H20N4O2. The summed E-state index contributed by atoms with van der Waals surface area (Å²) in [6.45, 7) is 2.96. The van der Waals surface area contributed by atoms with Crippen LogP contribution in [-0.2, 0) is 11.3 Å². The molecule has 0 aliphatic carbocycles. The van der Waals surface area contributed by atoms with Gasteiger partial charge in [-0.3, -0.25) is 5.41 Å². The third kappa shape index (κ3) is 3.48. The first kappa shape index (κ1) is 14.3. The molecule has 0 aromatic heterocycles. The van der Waals surface area contributed by atoms with Crippen LogP contribution in [0.5, 0.6) is 0 Å². The van der Waals surface area contributed by atoms with E-state index in [4.69, 9.17) is 15.9 Å². The monoisotopic (exact) mass is 276 g/mol. The zero-order valence-corrected chi connectivity index (χ0v) is 11.6. The third-order valence-corrected chi connectivity index (χ3v) is 3.27. The number of nitrogens with zero attached hydrogens (tertiary/aromatic N) is 2. The summed E-state index contributed by atoms with van der Waals surface area (Å²) in [6.07, 6.45) is 0. The van der Waals surface area contributed by atoms with Gasteiger partial charge in [-0.1, -0.05) is 18.2 Å². The fourth-order valence-corrected chi connectivity index (χ4v) is 2.17. The maximum atomic E-state index is 12.3. The molecule has 1 aromatic rings. The Balaban J connectivity index is 1.99. The van der Waals surface area contributed by atoms with Crippen molar-refractivity contribution in [3.63, 3.8) is 0 Å². The lowest BCUT2D eigenvalue weighted by Crippen LogP contribution is -2.46. The first-order valence-electron chi connectivity index (χ1n) is 6.59. The van der Waals surface area contributed by atoms with Gasteiger partial charge in [-0.25, -0.2) is 4.79 Å². The number of carbonyl (C=O) groups excluding carboxylic acids is 1. The second-order valence-corrected chi connectivity index (χ2v) is 4.85. The van der Waals surface area contributed by atoms with Crippen LogP contribution in [0.25, 0.3) is 0 Å². The molecule has 0 bridgehead atoms. The molecule has 20 heavy (non-hydrogen) atoms. The standard InChI is InChI=1S/C14H20N4O2/c1-17(14(19)18-5-7-20-8-6-18)10-11-3-2-4-12(9-11)13(15)16/h2-4,9H,5-8,10H2,1H3,(H3,15,16). The number of hydrogen-bond acceptors (Lipinski definition) is 3. The number of morpholine rings is 1. The Bertz CT molecular complexity index is 498. The van der Waals surface area contributed by atoms with E-state index < -0.39 is 0 Å². The van der Waals surface area contributed by atoms with Gasteiger partial charge in [0.25, 0.3) is 0 Å². The molecule has 0 saturated carbocycles. The van der Waals surface area contributed by atoms with Crippen molar-refractivity contribution in [2.45, 2.75) is 6.54 Å². The third-order valence-electron chi connectivity index (χ3n) is 3.27. The molecule has 1 fully saturated rings. The molecule has 6 heteroatoms. The van der Waals surface area contributed by atoms with E-state index in [0.717, 1.165) is 5.56 Å². The molecule has 2 rings (SSSR count). The number of amides is 2. The Labute approximate surface area is 118 Å². The van der Waals surface area contributed by atoms with E-state index >= 15 is 0 Å². The molecule has 0 radical (unpaired) electrons. The van der Waals surface area contributed by atoms with Crippen molar-refractivity contribution in [3.05, 3.63) is 35.4 Å². The lowest BCUT2D eigenvalue weighted by molar-refractivity contribution is 0.0448. The topological polar surface area (TPSA) is 82.7 Å². The Kier molecular flexibility index (Phi) is 4.57. The van der Waals surface area contributed by atoms with Gasteiger partial charge < -0.3 is 20.3 Å². The van der Waals surface area contributed by atoms with Gasteiger partial charge in [0.05, 0.1) is 13.2 Å². The smallest absolute Gasteiger partial charge is 0.320 e. The highest BCUT2D eigenvalue weighted by molar-refractivity contribution is 5.95. The largest absolute Gasteiger partial charge is 0.384 e. The summed E-state index contributed by atoms with van der Waals surface area (Å²) in [5.41, 5.74) is 7.11. The highest BCUT2D eigenvalue weighted by Gasteiger charge is 2.20. The predicted molar refractivity (Wildman–Crippen MR) is 76.7 cm³/mol. The molecule has 108 valence electrons. The van der Waals surface area contributed by atoms with Crippen LogP contribution in [0.15, 0.2) is 24.3 Å². The normalized spacial score (nSPS) is 14.9. The van der Waals surface area contributed by atoms with E-state index in [-0.39, 0.29) is 11.9 Å². The minimum atomic E-state index is 0.00141. The number of nitrogens with one attached hydrogen (secondary N) is 1. The van der Waals surface area contributed by atoms with Crippen LogP contribution in [0.3, 0.4) is 0 Å². The lowest BCUT2D eigenvalue weighted by atomic mass is 10.1. The zero-order chi connectivity index (χ0) is 14.5. The van der Waals surface area contributed by atoms with Crippen molar-refractivity contribution in [3.8, 4) is 0 Å². The number of nitrogen functional groups attached to an aromatic ring is 1. The van der Waals surface area contributed by atoms with Gasteiger partial charge in [0.15, 0.2) is 0 Å². The molecule has 0 atom stereocenters. The highest BCUT2D eigenvalue weighted by Crippen LogP contribution is 2.09. The van der Waals surface area contributed by atoms with E-state index in [9.17, 15) is 4.79 Å². The summed E-state index contributed by atoms with van der Waals surface area (Å²) in [5.74, 6) is 0.0361. The number of nitrogens with two attached hydrogens (primary N) is 1. The van der Waals surface area contributed by atoms with Crippen LogP contribution >= 0.6 is 0 Å². The molecule has 3 N–H and O–H groups in total. The Morgan fingerprint density at radius 3 is 2.80 bits per heavy atom. The summed E-state index contributed by atoms with van der Waals surface area (Å²) >= 11 is 0. The van der Waals surface area contributed by atoms with E-state index in [1.165, 1.54) is 0 Å². The van der Waals surface area contributed by atoms with E-state index in [0.29, 0.717) is 38.4 Å². The van der Waals surface area contributed by atoms with Crippen molar-refractivity contribution in [2.75, 3.05) is 33.4 Å². The molecule has 0 unspecified atom stereocenters. The van der Waals surface area contributed by atoms with Crippen molar-refractivity contribution >= 4 is 11.9 Å². The first-order chi connectivity index (χ1) is 9.58. The summed E-state index contributed by atoms with van der Waals surface area (Å²) in [7, 11) is 1.78. The molecule has 1 aromatic carbocycles. The Hall–Kier alpha value is -2.08. The van der Waals surface area contributed by atoms with Crippen LogP contribution in [0.1, 0.15) is 11.1 Å². The first-order valence-corrected chi connectivity index (χ1v) is 6.59. The second kappa shape index (κ2) is 6.38. The minimum Gasteiger partial charge on any atom is -0.384 e. The van der Waals surface area contributed by atoms with Crippen LogP contribution in [-0.4, -0.2) is 55.0 Å². The average molecular weight is 276 g/mol. The maximum Gasteiger partial charge on any atom is 0.320 e. The molecule has 6 nitrogen and oxygen atoms in total. The summed E-state index contributed by atoms with van der Waals surface area (Å²) < 4.78 is 5.24. The van der Waals surface area contributed by atoms with Crippen LogP contribution in [0, 0.1) is 5.41 Å². The van der Waals surface area contributed by atoms with Crippen LogP contribution < -0.4 is 5.73 Å². The number of rotatable bonds is 3. The molecule has 2 amide bonds. The number of benzene rings is 1. The summed E-state index contributed by atoms with van der Waals surface area (Å²) in [4.78, 5) is 15.7. The highest BCUT2D eigenvalue weighted by atomic mass is 16.5. The van der Waals surface area contributed by atoms with Gasteiger partial charge in [0.1, 0.15) is 5.84 Å². The average Bonchev–Trinajstić information content (AvgIpc) is 2.47. The Morgan fingerprint density at radius 1 is 1.45 bits per heavy atom. The van der Waals surface area contributed by atoms with E-state index in [2.05, 4.69) is 0 Å². The van der Waals surface area contributed by atoms with Gasteiger partial charge in [0.2, 0.25) is 0 Å². The van der Waals surface area contributed by atoms with Gasteiger partial charge in [0, 0.05) is 32.2 Å². The maximum absolute atomic E-state index is 12.3. The van der Waals surface area contributed by atoms with Gasteiger partial charge >= 0.3 is 6.03 Å². The van der Waals surface area contributed by atoms with Gasteiger partial charge in [-0.05, 0) is 11.6 Å². The van der Waals surface area contributed by atoms with Crippen LogP contribution in [0.2, 0.25) is 0 Å². The van der Waals surface area contributed by atoms with Crippen molar-refractivity contribution in [1.29, 1.82) is 5.41 Å². The molecule has 1 heterocycles. The van der Waals surface area contributed by atoms with E-state index in [1.807, 2.05) is 18.2 Å². The number of ether oxygens (including phenoxy) is 1. The quantitative estimate of drug-likeness (QED) is 0.634. The van der Waals surface area contributed by atoms with E-state index in [1.54, 1.807) is 22.9 Å². The lowest BCUT2D eigenvalue weighted by Gasteiger charge is -2.31. The number of amidine groups is 1. The van der Waals surface area contributed by atoms with Gasteiger partial charge in [-0.15, -0.1) is 0 Å². The molecule has 0 spiro atoms. The fourth-order valence-electron chi connectivity index (χ4n) is 2.17. The number of hydrogen-bond donors (Lipinski definition) is 2. The Morgan fingerprint density at radius 2 is 2.15 bits per heavy atom. The molecule has 1 aliphatic heterocycles. The summed E-state index contributed by atoms with van der Waals surface area (Å²) in [5, 5.41) is 7.43. The minimum absolute atomic E-state index is 0.00141. The second-order valence-electron chi connectivity index (χ2n) is 4.85. The molecule has 1 aliphatic rings.